The predicted molar refractivity (Wildman–Crippen MR) is 332 cm³/mol. The number of quaternary nitrogens is 1. The number of carbonyl (C=O) groups excluding carboxylic acids is 2. The van der Waals surface area contributed by atoms with Crippen LogP contribution in [0.2, 0.25) is 0 Å². The zero-order valence-corrected chi connectivity index (χ0v) is 52.3. The number of ether oxygens (including phenoxy) is 1. The Morgan fingerprint density at radius 1 is 0.468 bits per heavy atom. The summed E-state index contributed by atoms with van der Waals surface area (Å²) >= 11 is 0. The number of carbonyl (C=O) groups is 2. The lowest BCUT2D eigenvalue weighted by Crippen LogP contribution is -2.47. The van der Waals surface area contributed by atoms with Gasteiger partial charge in [0.1, 0.15) is 19.3 Å². The van der Waals surface area contributed by atoms with Crippen molar-refractivity contribution in [3.63, 3.8) is 0 Å². The fraction of sp³-hybridized carbons (Fsp3) is 0.821. The molecule has 3 atom stereocenters. The van der Waals surface area contributed by atoms with E-state index in [0.29, 0.717) is 17.4 Å². The summed E-state index contributed by atoms with van der Waals surface area (Å²) in [5.74, 6) is -0.521. The predicted octanol–water partition coefficient (Wildman–Crippen LogP) is 20.2. The standard InChI is InChI=1S/C67H125N2O7P/c1-7-10-13-16-19-22-25-28-29-30-31-32-33-34-35-36-37-38-39-42-45-48-51-54-57-60-67(71)76-65(58-55-52-49-46-43-40-26-23-20-17-14-11-8-2)64(63-75-77(72,73)74-62-61-69(4,5)6)68-66(70)59-56-53-50-47-44-41-27-24-21-18-15-12-9-3/h12,15,18,21,24,27-29,55,58,64-65H,7-11,13-14,16-17,19-20,22-23,25-26,30-54,56-57,59-63H2,1-6H3,(H-,68,70,72,73)/p+1/b15-12+,21-18+,27-24-,29-28+,58-55-. The lowest BCUT2D eigenvalue weighted by molar-refractivity contribution is -0.870. The van der Waals surface area contributed by atoms with Gasteiger partial charge in [0.25, 0.3) is 0 Å². The lowest BCUT2D eigenvalue weighted by Gasteiger charge is -2.27. The first-order valence-corrected chi connectivity index (χ1v) is 34.1. The molecule has 10 heteroatoms. The number of nitrogens with zero attached hydrogens (tertiary/aromatic N) is 1. The monoisotopic (exact) mass is 1100 g/mol. The van der Waals surface area contributed by atoms with Crippen LogP contribution in [0.1, 0.15) is 303 Å². The maximum atomic E-state index is 13.5. The molecule has 450 valence electrons. The molecule has 0 rings (SSSR count). The summed E-state index contributed by atoms with van der Waals surface area (Å²) in [7, 11) is 1.48. The molecule has 0 aromatic carbocycles. The van der Waals surface area contributed by atoms with Crippen LogP contribution in [0.15, 0.2) is 60.8 Å². The Morgan fingerprint density at radius 2 is 0.844 bits per heavy atom. The Labute approximate surface area is 477 Å². The van der Waals surface area contributed by atoms with Crippen molar-refractivity contribution in [3.8, 4) is 0 Å². The molecule has 9 nitrogen and oxygen atoms in total. The molecule has 0 aliphatic heterocycles. The molecule has 77 heavy (non-hydrogen) atoms. The van der Waals surface area contributed by atoms with Gasteiger partial charge in [0.05, 0.1) is 33.8 Å². The number of nitrogens with one attached hydrogen (secondary N) is 1. The van der Waals surface area contributed by atoms with Crippen LogP contribution in [0.25, 0.3) is 0 Å². The average Bonchev–Trinajstić information content (AvgIpc) is 3.39. The molecular weight excluding hydrogens is 976 g/mol. The Balaban J connectivity index is 5.09. The van der Waals surface area contributed by atoms with E-state index in [1.165, 1.54) is 186 Å². The second kappa shape index (κ2) is 57.0. The van der Waals surface area contributed by atoms with Gasteiger partial charge in [-0.15, -0.1) is 0 Å². The summed E-state index contributed by atoms with van der Waals surface area (Å²) in [5.41, 5.74) is 0. The van der Waals surface area contributed by atoms with Gasteiger partial charge >= 0.3 is 13.8 Å². The van der Waals surface area contributed by atoms with Crippen molar-refractivity contribution in [2.24, 2.45) is 0 Å². The lowest BCUT2D eigenvalue weighted by atomic mass is 10.0. The number of unbranched alkanes of at least 4 members (excludes halogenated alkanes) is 37. The third-order valence-corrected chi connectivity index (χ3v) is 15.5. The second-order valence-corrected chi connectivity index (χ2v) is 24.8. The van der Waals surface area contributed by atoms with Crippen LogP contribution in [0.4, 0.5) is 0 Å². The van der Waals surface area contributed by atoms with Gasteiger partial charge in [-0.1, -0.05) is 275 Å². The van der Waals surface area contributed by atoms with E-state index in [-0.39, 0.29) is 31.5 Å². The number of allylic oxidation sites excluding steroid dienone is 9. The maximum absolute atomic E-state index is 13.5. The Morgan fingerprint density at radius 3 is 1.27 bits per heavy atom. The van der Waals surface area contributed by atoms with Gasteiger partial charge in [0, 0.05) is 12.8 Å². The molecular formula is C67H126N2O7P+. The summed E-state index contributed by atoms with van der Waals surface area (Å²) in [6, 6.07) is -0.859. The van der Waals surface area contributed by atoms with Gasteiger partial charge in [-0.3, -0.25) is 18.6 Å². The van der Waals surface area contributed by atoms with Crippen molar-refractivity contribution in [2.75, 3.05) is 40.9 Å². The van der Waals surface area contributed by atoms with Gasteiger partial charge in [-0.05, 0) is 76.7 Å². The van der Waals surface area contributed by atoms with Crippen LogP contribution in [0, 0.1) is 0 Å². The number of hydrogen-bond donors (Lipinski definition) is 2. The molecule has 0 fully saturated rings. The van der Waals surface area contributed by atoms with E-state index in [4.69, 9.17) is 13.8 Å². The minimum atomic E-state index is -4.45. The van der Waals surface area contributed by atoms with Crippen molar-refractivity contribution in [2.45, 2.75) is 315 Å². The van der Waals surface area contributed by atoms with Gasteiger partial charge < -0.3 is 19.4 Å². The van der Waals surface area contributed by atoms with E-state index in [9.17, 15) is 19.0 Å². The van der Waals surface area contributed by atoms with Gasteiger partial charge in [0.2, 0.25) is 5.91 Å². The Hall–Kier alpha value is -2.29. The maximum Gasteiger partial charge on any atom is 0.472 e. The smallest absolute Gasteiger partial charge is 0.456 e. The molecule has 0 aromatic heterocycles. The molecule has 0 saturated carbocycles. The van der Waals surface area contributed by atoms with Crippen molar-refractivity contribution in [1.82, 2.24) is 5.32 Å². The Kier molecular flexibility index (Phi) is 55.3. The highest BCUT2D eigenvalue weighted by Crippen LogP contribution is 2.43. The minimum Gasteiger partial charge on any atom is -0.456 e. The number of amides is 1. The van der Waals surface area contributed by atoms with Gasteiger partial charge in [-0.2, -0.15) is 0 Å². The van der Waals surface area contributed by atoms with Crippen LogP contribution in [-0.4, -0.2) is 74.3 Å². The van der Waals surface area contributed by atoms with Gasteiger partial charge in [-0.25, -0.2) is 4.57 Å². The topological polar surface area (TPSA) is 111 Å². The fourth-order valence-corrected chi connectivity index (χ4v) is 10.2. The van der Waals surface area contributed by atoms with Crippen molar-refractivity contribution in [1.29, 1.82) is 0 Å². The second-order valence-electron chi connectivity index (χ2n) is 23.3. The molecule has 0 aromatic rings. The highest BCUT2D eigenvalue weighted by Gasteiger charge is 2.30. The quantitative estimate of drug-likeness (QED) is 0.0156. The number of phosphoric ester groups is 1. The van der Waals surface area contributed by atoms with E-state index in [0.717, 1.165) is 83.5 Å². The highest BCUT2D eigenvalue weighted by molar-refractivity contribution is 7.47. The fourth-order valence-electron chi connectivity index (χ4n) is 9.47. The van der Waals surface area contributed by atoms with Crippen molar-refractivity contribution in [3.05, 3.63) is 60.8 Å². The number of hydrogen-bond acceptors (Lipinski definition) is 6. The highest BCUT2D eigenvalue weighted by atomic mass is 31.2. The zero-order valence-electron chi connectivity index (χ0n) is 51.5. The largest absolute Gasteiger partial charge is 0.472 e. The average molecular weight is 1100 g/mol. The van der Waals surface area contributed by atoms with E-state index < -0.39 is 20.0 Å². The van der Waals surface area contributed by atoms with Crippen LogP contribution in [0.3, 0.4) is 0 Å². The molecule has 3 unspecified atom stereocenters. The normalized spacial score (nSPS) is 14.0. The summed E-state index contributed by atoms with van der Waals surface area (Å²) in [4.78, 5) is 37.7. The number of rotatable bonds is 59. The molecule has 0 spiro atoms. The number of likely N-dealkylation sites (N-methyl/N-ethyl adjacent to an activating group) is 1. The zero-order chi connectivity index (χ0) is 56.4. The molecule has 0 aliphatic carbocycles. The van der Waals surface area contributed by atoms with Crippen LogP contribution in [-0.2, 0) is 27.9 Å². The Bertz CT molecular complexity index is 1500. The molecule has 0 saturated heterocycles. The minimum absolute atomic E-state index is 0.0356. The molecule has 0 radical (unpaired) electrons. The van der Waals surface area contributed by atoms with Crippen molar-refractivity contribution < 1.29 is 37.3 Å². The first-order chi connectivity index (χ1) is 37.4. The molecule has 2 N–H and O–H groups in total. The van der Waals surface area contributed by atoms with E-state index >= 15 is 0 Å². The first kappa shape index (κ1) is 74.7. The SMILES string of the molecule is CC/C=C/C=C/C=C\CCCCCCCC(=O)NC(COP(=O)(O)OCC[N+](C)(C)C)C(/C=C\CCCCCCCCCCCCC)OC(=O)CCCCCCCCCCCCCCCCC/C=C/CCCCCCCC. The molecule has 0 bridgehead atoms. The van der Waals surface area contributed by atoms with E-state index in [1.54, 1.807) is 0 Å². The third kappa shape index (κ3) is 58.2. The van der Waals surface area contributed by atoms with Crippen LogP contribution in [0.5, 0.6) is 0 Å². The number of esters is 1. The first-order valence-electron chi connectivity index (χ1n) is 32.6. The van der Waals surface area contributed by atoms with Gasteiger partial charge in [0.15, 0.2) is 0 Å². The number of phosphoric acid groups is 1. The molecule has 0 heterocycles. The summed E-state index contributed by atoms with van der Waals surface area (Å²) in [6.45, 7) is 6.88. The summed E-state index contributed by atoms with van der Waals surface area (Å²) < 4.78 is 30.7. The third-order valence-electron chi connectivity index (χ3n) is 14.5. The van der Waals surface area contributed by atoms with Crippen LogP contribution < -0.4 is 5.32 Å². The summed E-state index contributed by atoms with van der Waals surface area (Å²) in [6.07, 6.45) is 72.3. The molecule has 0 aliphatic rings. The molecule has 1 amide bonds. The van der Waals surface area contributed by atoms with Crippen LogP contribution >= 0.6 is 7.82 Å². The van der Waals surface area contributed by atoms with E-state index in [2.05, 4.69) is 74.7 Å². The van der Waals surface area contributed by atoms with E-state index in [1.807, 2.05) is 33.3 Å². The summed E-state index contributed by atoms with van der Waals surface area (Å²) in [5, 5.41) is 3.05. The van der Waals surface area contributed by atoms with Crippen molar-refractivity contribution >= 4 is 19.7 Å².